The molecule has 1 aromatic carbocycles. The second-order valence-electron chi connectivity index (χ2n) is 8.16. The molecule has 0 amide bonds. The molecule has 0 aromatic heterocycles. The van der Waals surface area contributed by atoms with Crippen LogP contribution in [0.1, 0.15) is 89.7 Å². The average molecular weight is 331 g/mol. The van der Waals surface area contributed by atoms with Gasteiger partial charge in [-0.2, -0.15) is 0 Å². The van der Waals surface area contributed by atoms with Crippen LogP contribution in [0.25, 0.3) is 0 Å². The lowest BCUT2D eigenvalue weighted by Gasteiger charge is -2.47. The topological polar surface area (TPSA) is 18.5 Å². The molecule has 1 unspecified atom stereocenters. The number of aryl methyl sites for hydroxylation is 1. The van der Waals surface area contributed by atoms with Crippen LogP contribution in [0.3, 0.4) is 0 Å². The molecule has 2 nitrogen and oxygen atoms in total. The van der Waals surface area contributed by atoms with Crippen LogP contribution in [0.15, 0.2) is 12.1 Å². The van der Waals surface area contributed by atoms with E-state index in [1.165, 1.54) is 49.7 Å². The van der Waals surface area contributed by atoms with Crippen molar-refractivity contribution in [2.24, 2.45) is 5.92 Å². The molecule has 3 rings (SSSR count). The molecule has 0 saturated heterocycles. The van der Waals surface area contributed by atoms with Crippen molar-refractivity contribution in [1.29, 1.82) is 0 Å². The van der Waals surface area contributed by atoms with E-state index < -0.39 is 0 Å². The molecule has 0 fully saturated rings. The van der Waals surface area contributed by atoms with Gasteiger partial charge in [0.15, 0.2) is 0 Å². The quantitative estimate of drug-likeness (QED) is 0.549. The maximum Gasteiger partial charge on any atom is 0.127 e. The minimum Gasteiger partial charge on any atom is -0.493 e. The van der Waals surface area contributed by atoms with E-state index in [0.29, 0.717) is 11.8 Å². The van der Waals surface area contributed by atoms with E-state index in [1.807, 2.05) is 0 Å². The highest BCUT2D eigenvalue weighted by Crippen LogP contribution is 2.53. The van der Waals surface area contributed by atoms with E-state index in [0.717, 1.165) is 30.9 Å². The lowest BCUT2D eigenvalue weighted by atomic mass is 9.69. The summed E-state index contributed by atoms with van der Waals surface area (Å²) in [5.74, 6) is 3.40. The van der Waals surface area contributed by atoms with Gasteiger partial charge in [-0.25, -0.2) is 0 Å². The molecule has 0 aliphatic carbocycles. The number of rotatable bonds is 7. The third-order valence-electron chi connectivity index (χ3n) is 5.91. The van der Waals surface area contributed by atoms with Gasteiger partial charge in [-0.1, -0.05) is 39.5 Å². The SMILES string of the molecule is CCCCCc1cc2c3c(c1)OC(C)(C)C(CCCC)[C@H]3CCO2. The molecule has 2 aliphatic heterocycles. The van der Waals surface area contributed by atoms with Crippen LogP contribution in [0.4, 0.5) is 0 Å². The van der Waals surface area contributed by atoms with Crippen LogP contribution in [-0.4, -0.2) is 12.2 Å². The van der Waals surface area contributed by atoms with E-state index in [-0.39, 0.29) is 5.60 Å². The average Bonchev–Trinajstić information content (AvgIpc) is 2.54. The van der Waals surface area contributed by atoms with Crippen molar-refractivity contribution >= 4 is 0 Å². The summed E-state index contributed by atoms with van der Waals surface area (Å²) in [6, 6.07) is 4.59. The molecular weight excluding hydrogens is 296 g/mol. The number of ether oxygens (including phenoxy) is 2. The number of benzene rings is 1. The fraction of sp³-hybridized carbons (Fsp3) is 0.727. The highest BCUT2D eigenvalue weighted by molar-refractivity contribution is 5.53. The zero-order chi connectivity index (χ0) is 17.2. The Bertz CT molecular complexity index is 561. The second-order valence-corrected chi connectivity index (χ2v) is 8.16. The van der Waals surface area contributed by atoms with E-state index in [1.54, 1.807) is 0 Å². The summed E-state index contributed by atoms with van der Waals surface area (Å²) in [6.07, 6.45) is 9.87. The molecule has 134 valence electrons. The summed E-state index contributed by atoms with van der Waals surface area (Å²) < 4.78 is 12.6. The molecule has 24 heavy (non-hydrogen) atoms. The van der Waals surface area contributed by atoms with Gasteiger partial charge in [0.1, 0.15) is 17.1 Å². The summed E-state index contributed by atoms with van der Waals surface area (Å²) in [7, 11) is 0. The van der Waals surface area contributed by atoms with Gasteiger partial charge >= 0.3 is 0 Å². The van der Waals surface area contributed by atoms with E-state index >= 15 is 0 Å². The van der Waals surface area contributed by atoms with Crippen molar-refractivity contribution < 1.29 is 9.47 Å². The fourth-order valence-corrected chi connectivity index (χ4v) is 4.61. The van der Waals surface area contributed by atoms with Crippen molar-refractivity contribution in [2.45, 2.75) is 90.6 Å². The van der Waals surface area contributed by atoms with Crippen LogP contribution < -0.4 is 9.47 Å². The Kier molecular flexibility index (Phi) is 5.42. The molecule has 0 N–H and O–H groups in total. The zero-order valence-corrected chi connectivity index (χ0v) is 16.0. The van der Waals surface area contributed by atoms with Gasteiger partial charge in [0, 0.05) is 17.4 Å². The van der Waals surface area contributed by atoms with E-state index in [4.69, 9.17) is 9.47 Å². The third kappa shape index (κ3) is 3.43. The summed E-state index contributed by atoms with van der Waals surface area (Å²) in [6.45, 7) is 9.97. The van der Waals surface area contributed by atoms with Gasteiger partial charge in [-0.15, -0.1) is 0 Å². The molecule has 0 bridgehead atoms. The molecule has 0 saturated carbocycles. The van der Waals surface area contributed by atoms with Crippen molar-refractivity contribution in [3.05, 3.63) is 23.3 Å². The minimum atomic E-state index is -0.0799. The van der Waals surface area contributed by atoms with Gasteiger partial charge in [0.2, 0.25) is 0 Å². The van der Waals surface area contributed by atoms with Gasteiger partial charge in [0.25, 0.3) is 0 Å². The van der Waals surface area contributed by atoms with Crippen molar-refractivity contribution in [1.82, 2.24) is 0 Å². The number of hydrogen-bond donors (Lipinski definition) is 0. The Morgan fingerprint density at radius 3 is 2.54 bits per heavy atom. The number of hydrogen-bond acceptors (Lipinski definition) is 2. The van der Waals surface area contributed by atoms with Crippen LogP contribution in [0.2, 0.25) is 0 Å². The predicted molar refractivity (Wildman–Crippen MR) is 100 cm³/mol. The first kappa shape index (κ1) is 17.6. The third-order valence-corrected chi connectivity index (χ3v) is 5.91. The first-order valence-electron chi connectivity index (χ1n) is 10.1. The molecule has 2 atom stereocenters. The molecular formula is C22H34O2. The summed E-state index contributed by atoms with van der Waals surface area (Å²) in [5.41, 5.74) is 2.66. The predicted octanol–water partition coefficient (Wildman–Crippen LogP) is 6.26. The highest BCUT2D eigenvalue weighted by atomic mass is 16.5. The largest absolute Gasteiger partial charge is 0.493 e. The monoisotopic (exact) mass is 330 g/mol. The summed E-state index contributed by atoms with van der Waals surface area (Å²) in [5, 5.41) is 0. The summed E-state index contributed by atoms with van der Waals surface area (Å²) in [4.78, 5) is 0. The molecule has 2 heteroatoms. The van der Waals surface area contributed by atoms with Crippen molar-refractivity contribution in [3.8, 4) is 11.5 Å². The maximum atomic E-state index is 6.54. The first-order valence-corrected chi connectivity index (χ1v) is 10.1. The van der Waals surface area contributed by atoms with E-state index in [2.05, 4.69) is 39.8 Å². The molecule has 0 spiro atoms. The van der Waals surface area contributed by atoms with Crippen molar-refractivity contribution in [2.75, 3.05) is 6.61 Å². The van der Waals surface area contributed by atoms with Gasteiger partial charge in [-0.3, -0.25) is 0 Å². The maximum absolute atomic E-state index is 6.54. The normalized spacial score (nSPS) is 24.0. The smallest absolute Gasteiger partial charge is 0.127 e. The Balaban J connectivity index is 1.92. The zero-order valence-electron chi connectivity index (χ0n) is 16.0. The summed E-state index contributed by atoms with van der Waals surface area (Å²) >= 11 is 0. The Labute approximate surface area is 147 Å². The van der Waals surface area contributed by atoms with Crippen LogP contribution in [0.5, 0.6) is 11.5 Å². The first-order chi connectivity index (χ1) is 11.6. The molecule has 2 aliphatic rings. The lowest BCUT2D eigenvalue weighted by molar-refractivity contribution is -0.00535. The van der Waals surface area contributed by atoms with Crippen LogP contribution in [0, 0.1) is 5.92 Å². The Morgan fingerprint density at radius 2 is 1.79 bits per heavy atom. The molecule has 2 heterocycles. The fourth-order valence-electron chi connectivity index (χ4n) is 4.61. The molecule has 0 radical (unpaired) electrons. The lowest BCUT2D eigenvalue weighted by Crippen LogP contribution is -2.46. The van der Waals surface area contributed by atoms with Gasteiger partial charge in [-0.05, 0) is 57.2 Å². The second kappa shape index (κ2) is 7.37. The van der Waals surface area contributed by atoms with Gasteiger partial charge in [0.05, 0.1) is 6.61 Å². The van der Waals surface area contributed by atoms with Crippen LogP contribution >= 0.6 is 0 Å². The minimum absolute atomic E-state index is 0.0799. The van der Waals surface area contributed by atoms with E-state index in [9.17, 15) is 0 Å². The van der Waals surface area contributed by atoms with Crippen molar-refractivity contribution in [3.63, 3.8) is 0 Å². The Hall–Kier alpha value is -1.18. The Morgan fingerprint density at radius 1 is 1.04 bits per heavy atom. The van der Waals surface area contributed by atoms with Gasteiger partial charge < -0.3 is 9.47 Å². The number of unbranched alkanes of at least 4 members (excludes halogenated alkanes) is 3. The molecule has 1 aromatic rings. The highest BCUT2D eigenvalue weighted by Gasteiger charge is 2.45. The standard InChI is InChI=1S/C22H34O2/c1-5-7-9-10-16-14-19-21-17(12-13-23-19)18(11-8-6-2)22(3,4)24-20(21)15-16/h14-15,17-18H,5-13H2,1-4H3/t17-,18?/m1/s1. The van der Waals surface area contributed by atoms with Crippen LogP contribution in [-0.2, 0) is 6.42 Å².